The maximum atomic E-state index is 12.4. The number of carbonyl (C=O) groups excluding carboxylic acids is 1. The van der Waals surface area contributed by atoms with Crippen LogP contribution in [-0.4, -0.2) is 40.2 Å². The Morgan fingerprint density at radius 3 is 2.28 bits per heavy atom. The van der Waals surface area contributed by atoms with E-state index in [0.29, 0.717) is 25.9 Å². The van der Waals surface area contributed by atoms with E-state index < -0.39 is 0 Å². The molecule has 1 aliphatic heterocycles. The Morgan fingerprint density at radius 1 is 1.00 bits per heavy atom. The number of nitrogens with zero attached hydrogens (tertiary/aromatic N) is 1. The first kappa shape index (κ1) is 17.5. The summed E-state index contributed by atoms with van der Waals surface area (Å²) in [7, 11) is 0. The van der Waals surface area contributed by atoms with Gasteiger partial charge in [-0.05, 0) is 48.4 Å². The first-order valence-corrected chi connectivity index (χ1v) is 8.89. The van der Waals surface area contributed by atoms with Crippen molar-refractivity contribution >= 4 is 5.91 Å². The summed E-state index contributed by atoms with van der Waals surface area (Å²) in [6.07, 6.45) is 2.37. The maximum absolute atomic E-state index is 12.4. The van der Waals surface area contributed by atoms with E-state index in [2.05, 4.69) is 0 Å². The van der Waals surface area contributed by atoms with Crippen LogP contribution in [0.5, 0.6) is 5.75 Å². The summed E-state index contributed by atoms with van der Waals surface area (Å²) in [5, 5.41) is 19.8. The molecule has 0 bridgehead atoms. The lowest BCUT2D eigenvalue weighted by Gasteiger charge is -2.34. The van der Waals surface area contributed by atoms with E-state index in [-0.39, 0.29) is 23.7 Å². The van der Waals surface area contributed by atoms with Crippen molar-refractivity contribution in [1.82, 2.24) is 4.90 Å². The SMILES string of the molecule is O=C(Cc1ccc(O)cc1)N1CCC([C@@H](O)Cc2ccccc2)CC1. The average Bonchev–Trinajstić information content (AvgIpc) is 2.64. The molecule has 1 fully saturated rings. The minimum Gasteiger partial charge on any atom is -0.508 e. The number of aromatic hydroxyl groups is 1. The van der Waals surface area contributed by atoms with Gasteiger partial charge in [0.1, 0.15) is 5.75 Å². The molecule has 0 spiro atoms. The van der Waals surface area contributed by atoms with Gasteiger partial charge in [-0.15, -0.1) is 0 Å². The fourth-order valence-electron chi connectivity index (χ4n) is 3.46. The van der Waals surface area contributed by atoms with Gasteiger partial charge in [0, 0.05) is 13.1 Å². The first-order valence-electron chi connectivity index (χ1n) is 8.89. The number of phenols is 1. The Bertz CT molecular complexity index is 676. The summed E-state index contributed by atoms with van der Waals surface area (Å²) >= 11 is 0. The lowest BCUT2D eigenvalue weighted by Crippen LogP contribution is -2.42. The molecule has 1 heterocycles. The normalized spacial score (nSPS) is 16.6. The number of hydrogen-bond acceptors (Lipinski definition) is 3. The van der Waals surface area contributed by atoms with E-state index in [9.17, 15) is 15.0 Å². The average molecular weight is 339 g/mol. The Morgan fingerprint density at radius 2 is 1.64 bits per heavy atom. The van der Waals surface area contributed by atoms with Gasteiger partial charge in [-0.2, -0.15) is 0 Å². The van der Waals surface area contributed by atoms with Gasteiger partial charge >= 0.3 is 0 Å². The van der Waals surface area contributed by atoms with Gasteiger partial charge in [0.15, 0.2) is 0 Å². The molecule has 4 nitrogen and oxygen atoms in total. The smallest absolute Gasteiger partial charge is 0.226 e. The number of amides is 1. The number of phenolic OH excluding ortho intramolecular Hbond substituents is 1. The van der Waals surface area contributed by atoms with E-state index >= 15 is 0 Å². The molecule has 0 unspecified atom stereocenters. The molecule has 0 aromatic heterocycles. The summed E-state index contributed by atoms with van der Waals surface area (Å²) in [6.45, 7) is 1.40. The Hall–Kier alpha value is -2.33. The number of likely N-dealkylation sites (tertiary alicyclic amines) is 1. The van der Waals surface area contributed by atoms with Crippen LogP contribution in [0.4, 0.5) is 0 Å². The predicted molar refractivity (Wildman–Crippen MR) is 97.3 cm³/mol. The molecule has 1 aliphatic rings. The Labute approximate surface area is 148 Å². The second-order valence-electron chi connectivity index (χ2n) is 6.82. The van der Waals surface area contributed by atoms with Gasteiger partial charge in [0.2, 0.25) is 5.91 Å². The molecular formula is C21H25NO3. The number of aliphatic hydroxyl groups excluding tert-OH is 1. The predicted octanol–water partition coefficient (Wildman–Crippen LogP) is 2.78. The van der Waals surface area contributed by atoms with Crippen molar-refractivity contribution in [2.75, 3.05) is 13.1 Å². The van der Waals surface area contributed by atoms with Crippen LogP contribution >= 0.6 is 0 Å². The number of benzene rings is 2. The highest BCUT2D eigenvalue weighted by molar-refractivity contribution is 5.78. The van der Waals surface area contributed by atoms with Crippen molar-refractivity contribution in [3.63, 3.8) is 0 Å². The highest BCUT2D eigenvalue weighted by Crippen LogP contribution is 2.23. The summed E-state index contributed by atoms with van der Waals surface area (Å²) in [5.74, 6) is 0.573. The highest BCUT2D eigenvalue weighted by atomic mass is 16.3. The van der Waals surface area contributed by atoms with E-state index in [4.69, 9.17) is 0 Å². The molecule has 2 aromatic rings. The molecule has 0 saturated carbocycles. The topological polar surface area (TPSA) is 60.8 Å². The molecule has 1 saturated heterocycles. The third-order valence-corrected chi connectivity index (χ3v) is 5.02. The van der Waals surface area contributed by atoms with Crippen LogP contribution in [0, 0.1) is 5.92 Å². The molecule has 25 heavy (non-hydrogen) atoms. The molecule has 2 aromatic carbocycles. The molecule has 1 atom stereocenters. The minimum atomic E-state index is -0.350. The zero-order valence-corrected chi connectivity index (χ0v) is 14.3. The molecular weight excluding hydrogens is 314 g/mol. The molecule has 132 valence electrons. The molecule has 0 radical (unpaired) electrons. The second kappa shape index (κ2) is 8.17. The monoisotopic (exact) mass is 339 g/mol. The molecule has 1 amide bonds. The Balaban J connectivity index is 1.47. The van der Waals surface area contributed by atoms with Gasteiger partial charge in [-0.25, -0.2) is 0 Å². The molecule has 2 N–H and O–H groups in total. The lowest BCUT2D eigenvalue weighted by atomic mass is 9.88. The van der Waals surface area contributed by atoms with Gasteiger partial charge < -0.3 is 15.1 Å². The second-order valence-corrected chi connectivity index (χ2v) is 6.82. The number of hydrogen-bond donors (Lipinski definition) is 2. The largest absolute Gasteiger partial charge is 0.508 e. The quantitative estimate of drug-likeness (QED) is 0.880. The van der Waals surface area contributed by atoms with Crippen molar-refractivity contribution in [3.05, 3.63) is 65.7 Å². The van der Waals surface area contributed by atoms with Crippen molar-refractivity contribution in [3.8, 4) is 5.75 Å². The van der Waals surface area contributed by atoms with Crippen molar-refractivity contribution in [1.29, 1.82) is 0 Å². The van der Waals surface area contributed by atoms with Crippen LogP contribution in [0.3, 0.4) is 0 Å². The fourth-order valence-corrected chi connectivity index (χ4v) is 3.46. The van der Waals surface area contributed by atoms with Crippen LogP contribution in [0.25, 0.3) is 0 Å². The van der Waals surface area contributed by atoms with E-state index in [0.717, 1.165) is 24.0 Å². The van der Waals surface area contributed by atoms with E-state index in [1.54, 1.807) is 24.3 Å². The van der Waals surface area contributed by atoms with Crippen LogP contribution in [-0.2, 0) is 17.6 Å². The number of rotatable bonds is 5. The summed E-state index contributed by atoms with van der Waals surface area (Å²) in [5.41, 5.74) is 2.06. The highest BCUT2D eigenvalue weighted by Gasteiger charge is 2.27. The van der Waals surface area contributed by atoms with Crippen LogP contribution in [0.15, 0.2) is 54.6 Å². The zero-order chi connectivity index (χ0) is 17.6. The summed E-state index contributed by atoms with van der Waals surface area (Å²) in [4.78, 5) is 14.3. The molecule has 0 aliphatic carbocycles. The van der Waals surface area contributed by atoms with Crippen molar-refractivity contribution in [2.24, 2.45) is 5.92 Å². The standard InChI is InChI=1S/C21H25NO3/c23-19-8-6-17(7-9-19)15-21(25)22-12-10-18(11-13-22)20(24)14-16-4-2-1-3-5-16/h1-9,18,20,23-24H,10-15H2/t20-/m0/s1. The maximum Gasteiger partial charge on any atom is 0.226 e. The number of piperidine rings is 1. The van der Waals surface area contributed by atoms with Gasteiger partial charge in [0.25, 0.3) is 0 Å². The third kappa shape index (κ3) is 4.83. The van der Waals surface area contributed by atoms with Crippen molar-refractivity contribution in [2.45, 2.75) is 31.8 Å². The first-order chi connectivity index (χ1) is 12.1. The third-order valence-electron chi connectivity index (χ3n) is 5.02. The lowest BCUT2D eigenvalue weighted by molar-refractivity contribution is -0.132. The Kier molecular flexibility index (Phi) is 5.71. The summed E-state index contributed by atoms with van der Waals surface area (Å²) < 4.78 is 0. The van der Waals surface area contributed by atoms with Crippen LogP contribution in [0.2, 0.25) is 0 Å². The van der Waals surface area contributed by atoms with Gasteiger partial charge in [-0.3, -0.25) is 4.79 Å². The minimum absolute atomic E-state index is 0.113. The van der Waals surface area contributed by atoms with Gasteiger partial charge in [0.05, 0.1) is 12.5 Å². The van der Waals surface area contributed by atoms with Crippen molar-refractivity contribution < 1.29 is 15.0 Å². The zero-order valence-electron chi connectivity index (χ0n) is 14.3. The van der Waals surface area contributed by atoms with Crippen LogP contribution in [0.1, 0.15) is 24.0 Å². The van der Waals surface area contributed by atoms with Crippen LogP contribution < -0.4 is 0 Å². The van der Waals surface area contributed by atoms with Gasteiger partial charge in [-0.1, -0.05) is 42.5 Å². The van der Waals surface area contributed by atoms with E-state index in [1.165, 1.54) is 0 Å². The number of carbonyl (C=O) groups is 1. The fraction of sp³-hybridized carbons (Fsp3) is 0.381. The number of aliphatic hydroxyl groups is 1. The molecule has 3 rings (SSSR count). The summed E-state index contributed by atoms with van der Waals surface area (Å²) in [6, 6.07) is 16.8. The molecule has 4 heteroatoms. The van der Waals surface area contributed by atoms with E-state index in [1.807, 2.05) is 35.2 Å².